The Bertz CT molecular complexity index is 392. The molecular weight excluding hydrogens is 202 g/mol. The largest absolute Gasteiger partial charge is 0.489 e. The van der Waals surface area contributed by atoms with Gasteiger partial charge in [-0.05, 0) is 30.1 Å². The topological polar surface area (TPSA) is 66.8 Å². The zero-order valence-electron chi connectivity index (χ0n) is 8.32. The summed E-state index contributed by atoms with van der Waals surface area (Å²) in [5, 5.41) is 18.0. The van der Waals surface area contributed by atoms with E-state index in [4.69, 9.17) is 10.0 Å². The van der Waals surface area contributed by atoms with Gasteiger partial charge in [-0.3, -0.25) is 0 Å². The van der Waals surface area contributed by atoms with Crippen LogP contribution in [-0.2, 0) is 4.74 Å². The molecule has 0 bridgehead atoms. The number of carbonyl (C=O) groups excluding carboxylic acids is 1. The summed E-state index contributed by atoms with van der Waals surface area (Å²) in [4.78, 5) is 11.3. The van der Waals surface area contributed by atoms with E-state index in [2.05, 4.69) is 4.74 Å². The van der Waals surface area contributed by atoms with Crippen molar-refractivity contribution in [3.63, 3.8) is 0 Å². The number of esters is 1. The minimum Gasteiger partial charge on any atom is -0.465 e. The van der Waals surface area contributed by atoms with Gasteiger partial charge in [-0.2, -0.15) is 0 Å². The molecule has 4 nitrogen and oxygen atoms in total. The first-order valence-electron chi connectivity index (χ1n) is 4.22. The second-order valence-corrected chi connectivity index (χ2v) is 3.05. The van der Waals surface area contributed by atoms with Crippen LogP contribution in [0.15, 0.2) is 12.1 Å². The Hall–Kier alpha value is -1.40. The molecule has 0 saturated heterocycles. The SMILES string of the molecule is COC(=O)c1c(C)cc(F)cc1B(O)O. The summed E-state index contributed by atoms with van der Waals surface area (Å²) in [5.41, 5.74) is 0.0817. The zero-order chi connectivity index (χ0) is 11.6. The van der Waals surface area contributed by atoms with Crippen LogP contribution in [0.2, 0.25) is 0 Å². The minimum atomic E-state index is -1.91. The van der Waals surface area contributed by atoms with E-state index in [-0.39, 0.29) is 11.0 Å². The van der Waals surface area contributed by atoms with Crippen molar-refractivity contribution >= 4 is 18.6 Å². The molecule has 0 aliphatic carbocycles. The van der Waals surface area contributed by atoms with Gasteiger partial charge in [0.15, 0.2) is 0 Å². The van der Waals surface area contributed by atoms with Gasteiger partial charge < -0.3 is 14.8 Å². The van der Waals surface area contributed by atoms with Crippen molar-refractivity contribution in [1.82, 2.24) is 0 Å². The van der Waals surface area contributed by atoms with Crippen LogP contribution in [0.3, 0.4) is 0 Å². The average molecular weight is 212 g/mol. The first kappa shape index (κ1) is 11.7. The molecule has 0 fully saturated rings. The second-order valence-electron chi connectivity index (χ2n) is 3.05. The van der Waals surface area contributed by atoms with E-state index in [1.807, 2.05) is 0 Å². The van der Waals surface area contributed by atoms with E-state index in [0.717, 1.165) is 12.1 Å². The van der Waals surface area contributed by atoms with E-state index < -0.39 is 18.9 Å². The maximum atomic E-state index is 13.0. The Kier molecular flexibility index (Phi) is 3.44. The fourth-order valence-electron chi connectivity index (χ4n) is 1.35. The molecule has 0 saturated carbocycles. The lowest BCUT2D eigenvalue weighted by molar-refractivity contribution is 0.0601. The highest BCUT2D eigenvalue weighted by molar-refractivity contribution is 6.60. The molecule has 0 aliphatic heterocycles. The van der Waals surface area contributed by atoms with Gasteiger partial charge in [0, 0.05) is 0 Å². The monoisotopic (exact) mass is 212 g/mol. The van der Waals surface area contributed by atoms with Gasteiger partial charge in [-0.1, -0.05) is 0 Å². The van der Waals surface area contributed by atoms with Gasteiger partial charge in [-0.25, -0.2) is 9.18 Å². The Morgan fingerprint density at radius 1 is 1.47 bits per heavy atom. The van der Waals surface area contributed by atoms with Crippen molar-refractivity contribution in [1.29, 1.82) is 0 Å². The fourth-order valence-corrected chi connectivity index (χ4v) is 1.35. The van der Waals surface area contributed by atoms with E-state index in [1.54, 1.807) is 0 Å². The molecule has 2 N–H and O–H groups in total. The highest BCUT2D eigenvalue weighted by Crippen LogP contribution is 2.09. The fraction of sp³-hybridized carbons (Fsp3) is 0.222. The molecule has 0 aromatic heterocycles. The summed E-state index contributed by atoms with van der Waals surface area (Å²) in [6.45, 7) is 1.49. The third kappa shape index (κ3) is 2.34. The van der Waals surface area contributed by atoms with Crippen LogP contribution in [0.5, 0.6) is 0 Å². The Balaban J connectivity index is 3.40. The third-order valence-electron chi connectivity index (χ3n) is 2.00. The minimum absolute atomic E-state index is 0.0195. The van der Waals surface area contributed by atoms with Crippen LogP contribution in [0.4, 0.5) is 4.39 Å². The molecular formula is C9H10BFO4. The summed E-state index contributed by atoms with van der Waals surface area (Å²) in [7, 11) is -0.743. The van der Waals surface area contributed by atoms with Crippen molar-refractivity contribution < 1.29 is 24.0 Å². The number of aryl methyl sites for hydroxylation is 1. The molecule has 6 heteroatoms. The molecule has 1 rings (SSSR count). The number of halogens is 1. The standard InChI is InChI=1S/C9H10BFO4/c1-5-3-6(11)4-7(10(13)14)8(5)9(12)15-2/h3-4,13-14H,1-2H3. The molecule has 0 aliphatic rings. The first-order chi connectivity index (χ1) is 6.97. The van der Waals surface area contributed by atoms with Gasteiger partial charge in [0.05, 0.1) is 12.7 Å². The van der Waals surface area contributed by atoms with Gasteiger partial charge >= 0.3 is 13.1 Å². The number of hydrogen-bond donors (Lipinski definition) is 2. The lowest BCUT2D eigenvalue weighted by atomic mass is 9.75. The Morgan fingerprint density at radius 3 is 2.53 bits per heavy atom. The number of carbonyl (C=O) groups is 1. The van der Waals surface area contributed by atoms with E-state index in [9.17, 15) is 9.18 Å². The van der Waals surface area contributed by atoms with Crippen LogP contribution in [0.1, 0.15) is 15.9 Å². The summed E-state index contributed by atoms with van der Waals surface area (Å²) in [6.07, 6.45) is 0. The predicted molar refractivity (Wildman–Crippen MR) is 52.3 cm³/mol. The smallest absolute Gasteiger partial charge is 0.465 e. The summed E-state index contributed by atoms with van der Waals surface area (Å²) in [6, 6.07) is 2.02. The van der Waals surface area contributed by atoms with Crippen LogP contribution < -0.4 is 5.46 Å². The maximum Gasteiger partial charge on any atom is 0.489 e. The van der Waals surface area contributed by atoms with Crippen molar-refractivity contribution in [2.75, 3.05) is 7.11 Å². The van der Waals surface area contributed by atoms with Crippen LogP contribution in [-0.4, -0.2) is 30.2 Å². The average Bonchev–Trinajstić information content (AvgIpc) is 2.15. The molecule has 1 aromatic carbocycles. The number of rotatable bonds is 2. The van der Waals surface area contributed by atoms with Gasteiger partial charge in [-0.15, -0.1) is 0 Å². The van der Waals surface area contributed by atoms with Gasteiger partial charge in [0.2, 0.25) is 0 Å². The van der Waals surface area contributed by atoms with Crippen molar-refractivity contribution in [3.8, 4) is 0 Å². The number of hydrogen-bond acceptors (Lipinski definition) is 4. The zero-order valence-corrected chi connectivity index (χ0v) is 8.32. The van der Waals surface area contributed by atoms with Crippen LogP contribution in [0, 0.1) is 12.7 Å². The number of methoxy groups -OCH3 is 1. The summed E-state index contributed by atoms with van der Waals surface area (Å²) in [5.74, 6) is -1.36. The molecule has 15 heavy (non-hydrogen) atoms. The number of ether oxygens (including phenoxy) is 1. The number of benzene rings is 1. The molecule has 0 radical (unpaired) electrons. The lowest BCUT2D eigenvalue weighted by Crippen LogP contribution is -2.36. The molecule has 0 unspecified atom stereocenters. The molecule has 0 heterocycles. The van der Waals surface area contributed by atoms with Crippen molar-refractivity contribution in [2.45, 2.75) is 6.92 Å². The quantitative estimate of drug-likeness (QED) is 0.517. The highest BCUT2D eigenvalue weighted by Gasteiger charge is 2.23. The van der Waals surface area contributed by atoms with Crippen molar-refractivity contribution in [3.05, 3.63) is 29.1 Å². The third-order valence-corrected chi connectivity index (χ3v) is 2.00. The predicted octanol–water partition coefficient (Wildman–Crippen LogP) is -0.399. The van der Waals surface area contributed by atoms with E-state index in [1.165, 1.54) is 14.0 Å². The van der Waals surface area contributed by atoms with E-state index >= 15 is 0 Å². The normalized spacial score (nSPS) is 9.93. The van der Waals surface area contributed by atoms with Crippen molar-refractivity contribution in [2.24, 2.45) is 0 Å². The Labute approximate surface area is 86.4 Å². The maximum absolute atomic E-state index is 13.0. The van der Waals surface area contributed by atoms with Gasteiger partial charge in [0.25, 0.3) is 0 Å². The molecule has 0 spiro atoms. The van der Waals surface area contributed by atoms with Crippen LogP contribution >= 0.6 is 0 Å². The molecule has 1 aromatic rings. The Morgan fingerprint density at radius 2 is 2.07 bits per heavy atom. The molecule has 0 amide bonds. The molecule has 0 atom stereocenters. The summed E-state index contributed by atoms with van der Waals surface area (Å²) < 4.78 is 17.4. The first-order valence-corrected chi connectivity index (χ1v) is 4.22. The highest BCUT2D eigenvalue weighted by atomic mass is 19.1. The second kappa shape index (κ2) is 4.42. The summed E-state index contributed by atoms with van der Waals surface area (Å²) >= 11 is 0. The van der Waals surface area contributed by atoms with Gasteiger partial charge in [0.1, 0.15) is 5.82 Å². The van der Waals surface area contributed by atoms with E-state index in [0.29, 0.717) is 5.56 Å². The van der Waals surface area contributed by atoms with Crippen LogP contribution in [0.25, 0.3) is 0 Å². The lowest BCUT2D eigenvalue weighted by Gasteiger charge is -2.10. The molecule has 80 valence electrons.